The van der Waals surface area contributed by atoms with Gasteiger partial charge < -0.3 is 9.47 Å². The second-order valence-electron chi connectivity index (χ2n) is 5.51. The molecule has 0 aromatic heterocycles. The van der Waals surface area contributed by atoms with E-state index in [4.69, 9.17) is 9.47 Å². The molecule has 0 heterocycles. The fourth-order valence-electron chi connectivity index (χ4n) is 2.08. The average molecular weight is 405 g/mol. The number of amides is 1. The van der Waals surface area contributed by atoms with Gasteiger partial charge in [0.15, 0.2) is 0 Å². The second kappa shape index (κ2) is 9.22. The van der Waals surface area contributed by atoms with Crippen LogP contribution in [0.4, 0.5) is 0 Å². The number of hydrogen-bond acceptors (Lipinski definition) is 4. The molecule has 0 fully saturated rings. The van der Waals surface area contributed by atoms with Crippen LogP contribution < -0.4 is 14.9 Å². The molecule has 0 saturated heterocycles. The van der Waals surface area contributed by atoms with Crippen LogP contribution in [0.1, 0.15) is 36.7 Å². The van der Waals surface area contributed by atoms with Gasteiger partial charge in [0.2, 0.25) is 0 Å². The summed E-state index contributed by atoms with van der Waals surface area (Å²) in [4.78, 5) is 12.1. The first-order valence-corrected chi connectivity index (χ1v) is 8.81. The van der Waals surface area contributed by atoms with Crippen molar-refractivity contribution in [1.29, 1.82) is 0 Å². The summed E-state index contributed by atoms with van der Waals surface area (Å²) in [5, 5.41) is 4.03. The number of ether oxygens (including phenoxy) is 2. The van der Waals surface area contributed by atoms with Gasteiger partial charge in [-0.3, -0.25) is 4.79 Å². The summed E-state index contributed by atoms with van der Waals surface area (Å²) in [6.07, 6.45) is 1.61. The SMILES string of the molecule is CCOc1ccc(C(=O)N/N=C/c2cc(Br)ccc2OC(C)C)cc1. The molecule has 0 atom stereocenters. The summed E-state index contributed by atoms with van der Waals surface area (Å²) in [7, 11) is 0. The van der Waals surface area contributed by atoms with Crippen molar-refractivity contribution in [1.82, 2.24) is 5.43 Å². The van der Waals surface area contributed by atoms with Crippen LogP contribution >= 0.6 is 15.9 Å². The number of hydrogen-bond donors (Lipinski definition) is 1. The number of carbonyl (C=O) groups is 1. The molecule has 0 spiro atoms. The molecule has 0 unspecified atom stereocenters. The van der Waals surface area contributed by atoms with Gasteiger partial charge in [0.25, 0.3) is 5.91 Å². The normalized spacial score (nSPS) is 10.9. The highest BCUT2D eigenvalue weighted by Crippen LogP contribution is 2.22. The van der Waals surface area contributed by atoms with Crippen molar-refractivity contribution in [3.8, 4) is 11.5 Å². The summed E-state index contributed by atoms with van der Waals surface area (Å²) in [5.74, 6) is 1.14. The molecule has 132 valence electrons. The summed E-state index contributed by atoms with van der Waals surface area (Å²) in [5.41, 5.74) is 3.80. The lowest BCUT2D eigenvalue weighted by Gasteiger charge is -2.12. The van der Waals surface area contributed by atoms with Crippen molar-refractivity contribution in [3.63, 3.8) is 0 Å². The van der Waals surface area contributed by atoms with Gasteiger partial charge in [-0.05, 0) is 63.2 Å². The lowest BCUT2D eigenvalue weighted by Crippen LogP contribution is -2.17. The van der Waals surface area contributed by atoms with E-state index in [1.54, 1.807) is 30.5 Å². The number of benzene rings is 2. The minimum atomic E-state index is -0.291. The Morgan fingerprint density at radius 1 is 1.24 bits per heavy atom. The van der Waals surface area contributed by atoms with E-state index in [1.165, 1.54) is 0 Å². The zero-order valence-corrected chi connectivity index (χ0v) is 16.0. The van der Waals surface area contributed by atoms with Crippen LogP contribution in [-0.2, 0) is 0 Å². The molecule has 25 heavy (non-hydrogen) atoms. The molecule has 2 rings (SSSR count). The van der Waals surface area contributed by atoms with Crippen molar-refractivity contribution in [2.45, 2.75) is 26.9 Å². The van der Waals surface area contributed by atoms with Crippen LogP contribution in [0.15, 0.2) is 52.0 Å². The predicted molar refractivity (Wildman–Crippen MR) is 103 cm³/mol. The van der Waals surface area contributed by atoms with E-state index < -0.39 is 0 Å². The Hall–Kier alpha value is -2.34. The molecule has 1 N–H and O–H groups in total. The Labute approximate surface area is 156 Å². The molecule has 2 aromatic carbocycles. The van der Waals surface area contributed by atoms with E-state index in [2.05, 4.69) is 26.5 Å². The third kappa shape index (κ3) is 5.90. The topological polar surface area (TPSA) is 59.9 Å². The van der Waals surface area contributed by atoms with Crippen LogP contribution in [0.2, 0.25) is 0 Å². The smallest absolute Gasteiger partial charge is 0.271 e. The first-order valence-electron chi connectivity index (χ1n) is 8.02. The van der Waals surface area contributed by atoms with E-state index in [0.717, 1.165) is 15.8 Å². The van der Waals surface area contributed by atoms with Crippen molar-refractivity contribution >= 4 is 28.1 Å². The predicted octanol–water partition coefficient (Wildman–Crippen LogP) is 4.40. The molecule has 5 nitrogen and oxygen atoms in total. The summed E-state index contributed by atoms with van der Waals surface area (Å²) in [6.45, 7) is 6.41. The maximum absolute atomic E-state index is 12.1. The molecule has 6 heteroatoms. The lowest BCUT2D eigenvalue weighted by atomic mass is 10.2. The number of nitrogens with zero attached hydrogens (tertiary/aromatic N) is 1. The van der Waals surface area contributed by atoms with E-state index in [1.807, 2.05) is 39.0 Å². The Morgan fingerprint density at radius 2 is 1.96 bits per heavy atom. The fraction of sp³-hybridized carbons (Fsp3) is 0.263. The van der Waals surface area contributed by atoms with Crippen molar-refractivity contribution in [3.05, 3.63) is 58.1 Å². The molecule has 2 aromatic rings. The van der Waals surface area contributed by atoms with Gasteiger partial charge in [-0.1, -0.05) is 15.9 Å². The number of hydrazone groups is 1. The maximum Gasteiger partial charge on any atom is 0.271 e. The van der Waals surface area contributed by atoms with E-state index in [0.29, 0.717) is 17.9 Å². The monoisotopic (exact) mass is 404 g/mol. The highest BCUT2D eigenvalue weighted by Gasteiger charge is 2.06. The number of nitrogens with one attached hydrogen (secondary N) is 1. The second-order valence-corrected chi connectivity index (χ2v) is 6.42. The fourth-order valence-corrected chi connectivity index (χ4v) is 2.45. The van der Waals surface area contributed by atoms with Crippen molar-refractivity contribution in [2.75, 3.05) is 6.61 Å². The molecular weight excluding hydrogens is 384 g/mol. The quantitative estimate of drug-likeness (QED) is 0.549. The molecule has 0 radical (unpaired) electrons. The van der Waals surface area contributed by atoms with Gasteiger partial charge in [0, 0.05) is 15.6 Å². The van der Waals surface area contributed by atoms with Gasteiger partial charge in [-0.15, -0.1) is 0 Å². The maximum atomic E-state index is 12.1. The first-order chi connectivity index (χ1) is 12.0. The van der Waals surface area contributed by atoms with Crippen molar-refractivity contribution < 1.29 is 14.3 Å². The molecule has 0 bridgehead atoms. The summed E-state index contributed by atoms with van der Waals surface area (Å²) >= 11 is 3.42. The Balaban J connectivity index is 2.04. The Kier molecular flexibility index (Phi) is 7.01. The van der Waals surface area contributed by atoms with Gasteiger partial charge >= 0.3 is 0 Å². The van der Waals surface area contributed by atoms with Crippen LogP contribution in [-0.4, -0.2) is 24.8 Å². The molecule has 0 aliphatic rings. The van der Waals surface area contributed by atoms with Gasteiger partial charge in [0.05, 0.1) is 18.9 Å². The number of halogens is 1. The lowest BCUT2D eigenvalue weighted by molar-refractivity contribution is 0.0955. The molecule has 0 aliphatic carbocycles. The number of carbonyl (C=O) groups excluding carboxylic acids is 1. The minimum Gasteiger partial charge on any atom is -0.494 e. The van der Waals surface area contributed by atoms with Gasteiger partial charge in [-0.2, -0.15) is 5.10 Å². The molecule has 1 amide bonds. The third-order valence-corrected chi connectivity index (χ3v) is 3.62. The van der Waals surface area contributed by atoms with E-state index in [9.17, 15) is 4.79 Å². The highest BCUT2D eigenvalue weighted by molar-refractivity contribution is 9.10. The average Bonchev–Trinajstić information content (AvgIpc) is 2.57. The highest BCUT2D eigenvalue weighted by atomic mass is 79.9. The molecule has 0 aliphatic heterocycles. The van der Waals surface area contributed by atoms with Crippen LogP contribution in [0.25, 0.3) is 0 Å². The molecular formula is C19H21BrN2O3. The first kappa shape index (κ1) is 19.0. The van der Waals surface area contributed by atoms with Crippen molar-refractivity contribution in [2.24, 2.45) is 5.10 Å². The number of rotatable bonds is 7. The zero-order chi connectivity index (χ0) is 18.2. The van der Waals surface area contributed by atoms with E-state index >= 15 is 0 Å². The van der Waals surface area contributed by atoms with Crippen LogP contribution in [0.3, 0.4) is 0 Å². The zero-order valence-electron chi connectivity index (χ0n) is 14.5. The van der Waals surface area contributed by atoms with Crippen LogP contribution in [0, 0.1) is 0 Å². The van der Waals surface area contributed by atoms with Gasteiger partial charge in [-0.25, -0.2) is 5.43 Å². The molecule has 0 saturated carbocycles. The minimum absolute atomic E-state index is 0.0479. The van der Waals surface area contributed by atoms with E-state index in [-0.39, 0.29) is 12.0 Å². The van der Waals surface area contributed by atoms with Gasteiger partial charge in [0.1, 0.15) is 11.5 Å². The third-order valence-electron chi connectivity index (χ3n) is 3.13. The summed E-state index contributed by atoms with van der Waals surface area (Å²) in [6, 6.07) is 12.5. The Bertz CT molecular complexity index is 743. The standard InChI is InChI=1S/C19H21BrN2O3/c1-4-24-17-8-5-14(6-9-17)19(23)22-21-12-15-11-16(20)7-10-18(15)25-13(2)3/h5-13H,4H2,1-3H3,(H,22,23)/b21-12+. The summed E-state index contributed by atoms with van der Waals surface area (Å²) < 4.78 is 12.0. The Morgan fingerprint density at radius 3 is 2.60 bits per heavy atom. The largest absolute Gasteiger partial charge is 0.494 e. The van der Waals surface area contributed by atoms with Crippen LogP contribution in [0.5, 0.6) is 11.5 Å².